The van der Waals surface area contributed by atoms with Crippen molar-refractivity contribution < 1.29 is 0 Å². The summed E-state index contributed by atoms with van der Waals surface area (Å²) in [6, 6.07) is 0. The van der Waals surface area contributed by atoms with Crippen LogP contribution in [0.1, 0.15) is 0 Å². The molecule has 2 rings (SSSR count). The van der Waals surface area contributed by atoms with Gasteiger partial charge < -0.3 is 10.6 Å². The zero-order valence-corrected chi connectivity index (χ0v) is 6.33. The molecule has 0 aromatic rings. The lowest BCUT2D eigenvalue weighted by Gasteiger charge is -2.29. The van der Waals surface area contributed by atoms with Crippen LogP contribution in [-0.4, -0.2) is 18.3 Å². The molecule has 1 saturated heterocycles. The van der Waals surface area contributed by atoms with E-state index in [4.69, 9.17) is 0 Å². The Morgan fingerprint density at radius 3 is 3.00 bits per heavy atom. The molecule has 1 unspecified atom stereocenters. The molecular formula is C5H10N4S. The van der Waals surface area contributed by atoms with Gasteiger partial charge in [0.1, 0.15) is 0 Å². The van der Waals surface area contributed by atoms with Crippen molar-refractivity contribution in [1.82, 2.24) is 21.3 Å². The third-order valence-electron chi connectivity index (χ3n) is 1.71. The summed E-state index contributed by atoms with van der Waals surface area (Å²) in [6.45, 7) is 1.52. The van der Waals surface area contributed by atoms with E-state index >= 15 is 0 Å². The SMILES string of the molecule is SC12NCNC=C1NCN2. The Kier molecular flexibility index (Phi) is 1.29. The van der Waals surface area contributed by atoms with Crippen LogP contribution >= 0.6 is 12.6 Å². The van der Waals surface area contributed by atoms with Crippen molar-refractivity contribution in [3.63, 3.8) is 0 Å². The van der Waals surface area contributed by atoms with Crippen LogP contribution in [0.15, 0.2) is 11.9 Å². The number of hydrogen-bond acceptors (Lipinski definition) is 5. The summed E-state index contributed by atoms with van der Waals surface area (Å²) < 4.78 is 0. The van der Waals surface area contributed by atoms with E-state index < -0.39 is 0 Å². The summed E-state index contributed by atoms with van der Waals surface area (Å²) in [5.74, 6) is 0. The molecule has 4 N–H and O–H groups in total. The summed E-state index contributed by atoms with van der Waals surface area (Å²) in [5.41, 5.74) is 1.06. The van der Waals surface area contributed by atoms with Crippen LogP contribution in [0.4, 0.5) is 0 Å². The normalized spacial score (nSPS) is 37.5. The molecule has 5 heteroatoms. The maximum atomic E-state index is 4.41. The van der Waals surface area contributed by atoms with Gasteiger partial charge in [-0.15, -0.1) is 12.6 Å². The quantitative estimate of drug-likeness (QED) is 0.285. The lowest BCUT2D eigenvalue weighted by Crippen LogP contribution is -2.54. The van der Waals surface area contributed by atoms with Gasteiger partial charge in [0.05, 0.1) is 19.0 Å². The van der Waals surface area contributed by atoms with E-state index in [1.165, 1.54) is 0 Å². The first-order valence-electron chi connectivity index (χ1n) is 3.22. The summed E-state index contributed by atoms with van der Waals surface area (Å²) in [4.78, 5) is -0.328. The second kappa shape index (κ2) is 2.05. The highest BCUT2D eigenvalue weighted by atomic mass is 32.1. The first kappa shape index (κ1) is 6.33. The predicted octanol–water partition coefficient (Wildman–Crippen LogP) is -1.29. The molecule has 0 spiro atoms. The van der Waals surface area contributed by atoms with Crippen molar-refractivity contribution in [2.75, 3.05) is 13.3 Å². The summed E-state index contributed by atoms with van der Waals surface area (Å²) in [7, 11) is 0. The standard InChI is InChI=1S/C5H10N4S/c10-5-4(7-3-9-5)1-6-2-8-5/h1,6-10H,2-3H2. The van der Waals surface area contributed by atoms with Crippen molar-refractivity contribution in [2.45, 2.75) is 4.99 Å². The third-order valence-corrected chi connectivity index (χ3v) is 2.26. The van der Waals surface area contributed by atoms with Crippen molar-refractivity contribution in [3.8, 4) is 0 Å². The van der Waals surface area contributed by atoms with E-state index in [1.54, 1.807) is 0 Å². The van der Waals surface area contributed by atoms with Crippen molar-refractivity contribution in [2.24, 2.45) is 0 Å². The number of hydrogen-bond donors (Lipinski definition) is 5. The molecule has 0 radical (unpaired) electrons. The van der Waals surface area contributed by atoms with Gasteiger partial charge in [0, 0.05) is 6.20 Å². The van der Waals surface area contributed by atoms with Gasteiger partial charge in [-0.2, -0.15) is 0 Å². The van der Waals surface area contributed by atoms with Gasteiger partial charge in [0.2, 0.25) is 0 Å². The van der Waals surface area contributed by atoms with Gasteiger partial charge in [0.15, 0.2) is 4.99 Å². The highest BCUT2D eigenvalue weighted by Gasteiger charge is 2.35. The van der Waals surface area contributed by atoms with Gasteiger partial charge in [-0.25, -0.2) is 0 Å². The zero-order chi connectivity index (χ0) is 7.03. The Bertz CT molecular complexity index is 180. The van der Waals surface area contributed by atoms with Crippen molar-refractivity contribution >= 4 is 12.6 Å². The molecule has 0 amide bonds. The van der Waals surface area contributed by atoms with E-state index in [1.807, 2.05) is 6.20 Å². The van der Waals surface area contributed by atoms with E-state index in [2.05, 4.69) is 33.9 Å². The molecule has 0 aromatic heterocycles. The van der Waals surface area contributed by atoms with Gasteiger partial charge in [-0.05, 0) is 0 Å². The van der Waals surface area contributed by atoms with Crippen molar-refractivity contribution in [1.29, 1.82) is 0 Å². The van der Waals surface area contributed by atoms with E-state index in [0.29, 0.717) is 0 Å². The minimum Gasteiger partial charge on any atom is -0.377 e. The maximum absolute atomic E-state index is 4.41. The number of nitrogens with one attached hydrogen (secondary N) is 4. The van der Waals surface area contributed by atoms with Gasteiger partial charge >= 0.3 is 0 Å². The first-order valence-corrected chi connectivity index (χ1v) is 3.66. The smallest absolute Gasteiger partial charge is 0.159 e. The second-order valence-electron chi connectivity index (χ2n) is 2.36. The molecule has 2 heterocycles. The van der Waals surface area contributed by atoms with E-state index in [0.717, 1.165) is 19.0 Å². The average molecular weight is 158 g/mol. The monoisotopic (exact) mass is 158 g/mol. The van der Waals surface area contributed by atoms with Crippen molar-refractivity contribution in [3.05, 3.63) is 11.9 Å². The fraction of sp³-hybridized carbons (Fsp3) is 0.600. The van der Waals surface area contributed by atoms with Crippen LogP contribution in [0.25, 0.3) is 0 Å². The molecule has 56 valence electrons. The number of thiol groups is 1. The van der Waals surface area contributed by atoms with Crippen LogP contribution in [0.5, 0.6) is 0 Å². The average Bonchev–Trinajstić information content (AvgIpc) is 2.29. The molecular weight excluding hydrogens is 148 g/mol. The van der Waals surface area contributed by atoms with E-state index in [-0.39, 0.29) is 4.99 Å². The Morgan fingerprint density at radius 2 is 2.20 bits per heavy atom. The Morgan fingerprint density at radius 1 is 1.40 bits per heavy atom. The van der Waals surface area contributed by atoms with Crippen LogP contribution < -0.4 is 21.3 Å². The Balaban J connectivity index is 2.28. The highest BCUT2D eigenvalue weighted by Crippen LogP contribution is 2.20. The Hall–Kier alpha value is -0.390. The number of fused-ring (bicyclic) bond motifs is 1. The van der Waals surface area contributed by atoms with E-state index in [9.17, 15) is 0 Å². The van der Waals surface area contributed by atoms with Crippen LogP contribution in [0, 0.1) is 0 Å². The molecule has 4 nitrogen and oxygen atoms in total. The minimum absolute atomic E-state index is 0.328. The minimum atomic E-state index is -0.328. The maximum Gasteiger partial charge on any atom is 0.159 e. The Labute approximate surface area is 64.9 Å². The second-order valence-corrected chi connectivity index (χ2v) is 3.03. The highest BCUT2D eigenvalue weighted by molar-refractivity contribution is 7.82. The summed E-state index contributed by atoms with van der Waals surface area (Å²) in [6.07, 6.45) is 1.93. The summed E-state index contributed by atoms with van der Waals surface area (Å²) in [5, 5.41) is 12.5. The fourth-order valence-electron chi connectivity index (χ4n) is 1.14. The molecule has 0 aromatic carbocycles. The summed E-state index contributed by atoms with van der Waals surface area (Å²) >= 11 is 4.41. The van der Waals surface area contributed by atoms with Gasteiger partial charge in [0.25, 0.3) is 0 Å². The zero-order valence-electron chi connectivity index (χ0n) is 5.44. The van der Waals surface area contributed by atoms with Gasteiger partial charge in [-0.3, -0.25) is 10.6 Å². The van der Waals surface area contributed by atoms with Crippen LogP contribution in [0.3, 0.4) is 0 Å². The topological polar surface area (TPSA) is 48.1 Å². The molecule has 2 aliphatic rings. The molecule has 2 aliphatic heterocycles. The van der Waals surface area contributed by atoms with Crippen LogP contribution in [0.2, 0.25) is 0 Å². The lowest BCUT2D eigenvalue weighted by atomic mass is 10.3. The van der Waals surface area contributed by atoms with Crippen LogP contribution in [-0.2, 0) is 0 Å². The number of rotatable bonds is 0. The lowest BCUT2D eigenvalue weighted by molar-refractivity contribution is 0.458. The van der Waals surface area contributed by atoms with Gasteiger partial charge in [-0.1, -0.05) is 0 Å². The molecule has 1 atom stereocenters. The molecule has 10 heavy (non-hydrogen) atoms. The predicted molar refractivity (Wildman–Crippen MR) is 42.1 cm³/mol. The largest absolute Gasteiger partial charge is 0.377 e. The fourth-order valence-corrected chi connectivity index (χ4v) is 1.44. The molecule has 1 fully saturated rings. The first-order chi connectivity index (χ1) is 4.81. The molecule has 0 bridgehead atoms. The molecule has 0 saturated carbocycles. The third kappa shape index (κ3) is 0.783. The molecule has 0 aliphatic carbocycles.